The standard InChI is InChI=1S/C10H21ClN2/c11-5-6-12-7-10-13-8-3-1-2-4-9-13/h12H,1-10H2. The number of halogens is 1. The van der Waals surface area contributed by atoms with Crippen molar-refractivity contribution in [2.24, 2.45) is 0 Å². The van der Waals surface area contributed by atoms with Crippen molar-refractivity contribution < 1.29 is 0 Å². The minimum Gasteiger partial charge on any atom is -0.314 e. The number of hydrogen-bond acceptors (Lipinski definition) is 2. The molecule has 2 nitrogen and oxygen atoms in total. The zero-order chi connectivity index (χ0) is 9.36. The van der Waals surface area contributed by atoms with Crippen LogP contribution in [0.15, 0.2) is 0 Å². The van der Waals surface area contributed by atoms with Crippen molar-refractivity contribution >= 4 is 11.6 Å². The zero-order valence-electron chi connectivity index (χ0n) is 8.40. The molecule has 0 unspecified atom stereocenters. The van der Waals surface area contributed by atoms with Gasteiger partial charge in [-0.2, -0.15) is 0 Å². The Morgan fingerprint density at radius 2 is 1.69 bits per heavy atom. The van der Waals surface area contributed by atoms with E-state index in [0.29, 0.717) is 0 Å². The van der Waals surface area contributed by atoms with E-state index in [0.717, 1.165) is 19.0 Å². The van der Waals surface area contributed by atoms with Crippen molar-refractivity contribution in [3.8, 4) is 0 Å². The molecule has 0 aliphatic carbocycles. The lowest BCUT2D eigenvalue weighted by atomic mass is 10.2. The second-order valence-corrected chi connectivity index (χ2v) is 4.07. The Kier molecular flexibility index (Phi) is 6.60. The van der Waals surface area contributed by atoms with Crippen molar-refractivity contribution in [3.05, 3.63) is 0 Å². The van der Waals surface area contributed by atoms with Crippen LogP contribution in [-0.2, 0) is 0 Å². The fourth-order valence-corrected chi connectivity index (χ4v) is 1.92. The lowest BCUT2D eigenvalue weighted by molar-refractivity contribution is 0.285. The molecular weight excluding hydrogens is 184 g/mol. The molecule has 0 aromatic rings. The molecule has 1 fully saturated rings. The summed E-state index contributed by atoms with van der Waals surface area (Å²) < 4.78 is 0. The Labute approximate surface area is 86.6 Å². The first-order valence-corrected chi connectivity index (χ1v) is 5.96. The van der Waals surface area contributed by atoms with Gasteiger partial charge in [0.1, 0.15) is 0 Å². The summed E-state index contributed by atoms with van der Waals surface area (Å²) >= 11 is 5.57. The largest absolute Gasteiger partial charge is 0.314 e. The van der Waals surface area contributed by atoms with Crippen molar-refractivity contribution in [1.29, 1.82) is 0 Å². The Morgan fingerprint density at radius 3 is 2.31 bits per heavy atom. The van der Waals surface area contributed by atoms with Gasteiger partial charge in [0, 0.05) is 25.5 Å². The fraction of sp³-hybridized carbons (Fsp3) is 1.00. The minimum atomic E-state index is 0.722. The van der Waals surface area contributed by atoms with Crippen molar-refractivity contribution in [2.75, 3.05) is 38.6 Å². The Hall–Kier alpha value is 0.210. The molecule has 3 heteroatoms. The van der Waals surface area contributed by atoms with Crippen molar-refractivity contribution in [3.63, 3.8) is 0 Å². The fourth-order valence-electron chi connectivity index (χ4n) is 1.79. The SMILES string of the molecule is ClCCNCCN1CCCCCC1. The summed E-state index contributed by atoms with van der Waals surface area (Å²) in [5.74, 6) is 0.722. The molecule has 1 heterocycles. The first-order chi connectivity index (χ1) is 6.43. The normalized spacial score (nSPS) is 20.1. The van der Waals surface area contributed by atoms with Gasteiger partial charge in [0.15, 0.2) is 0 Å². The molecular formula is C10H21ClN2. The van der Waals surface area contributed by atoms with Gasteiger partial charge in [-0.1, -0.05) is 12.8 Å². The van der Waals surface area contributed by atoms with E-state index < -0.39 is 0 Å². The maximum atomic E-state index is 5.57. The highest BCUT2D eigenvalue weighted by Crippen LogP contribution is 2.08. The van der Waals surface area contributed by atoms with Crippen LogP contribution in [0.25, 0.3) is 0 Å². The van der Waals surface area contributed by atoms with E-state index in [1.807, 2.05) is 0 Å². The maximum absolute atomic E-state index is 5.57. The van der Waals surface area contributed by atoms with E-state index >= 15 is 0 Å². The van der Waals surface area contributed by atoms with Gasteiger partial charge in [-0.05, 0) is 25.9 Å². The van der Waals surface area contributed by atoms with E-state index in [1.165, 1.54) is 45.3 Å². The average Bonchev–Trinajstić information content (AvgIpc) is 2.41. The highest BCUT2D eigenvalue weighted by atomic mass is 35.5. The minimum absolute atomic E-state index is 0.722. The summed E-state index contributed by atoms with van der Waals surface area (Å²) in [7, 11) is 0. The number of alkyl halides is 1. The van der Waals surface area contributed by atoms with Crippen LogP contribution in [0.5, 0.6) is 0 Å². The number of hydrogen-bond donors (Lipinski definition) is 1. The number of rotatable bonds is 5. The Balaban J connectivity index is 1.98. The molecule has 0 aromatic carbocycles. The van der Waals surface area contributed by atoms with Crippen LogP contribution in [0.1, 0.15) is 25.7 Å². The molecule has 0 bridgehead atoms. The molecule has 1 rings (SSSR count). The molecule has 13 heavy (non-hydrogen) atoms. The van der Waals surface area contributed by atoms with Crippen LogP contribution in [0.3, 0.4) is 0 Å². The second-order valence-electron chi connectivity index (χ2n) is 3.69. The van der Waals surface area contributed by atoms with Crippen LogP contribution < -0.4 is 5.32 Å². The smallest absolute Gasteiger partial charge is 0.0348 e. The molecule has 1 aliphatic rings. The number of likely N-dealkylation sites (tertiary alicyclic amines) is 1. The van der Waals surface area contributed by atoms with Gasteiger partial charge >= 0.3 is 0 Å². The predicted molar refractivity (Wildman–Crippen MR) is 58.5 cm³/mol. The van der Waals surface area contributed by atoms with E-state index in [2.05, 4.69) is 10.2 Å². The summed E-state index contributed by atoms with van der Waals surface area (Å²) in [6.45, 7) is 5.81. The summed E-state index contributed by atoms with van der Waals surface area (Å²) in [6, 6.07) is 0. The highest BCUT2D eigenvalue weighted by Gasteiger charge is 2.07. The molecule has 1 saturated heterocycles. The molecule has 0 spiro atoms. The molecule has 0 aromatic heterocycles. The molecule has 1 aliphatic heterocycles. The zero-order valence-corrected chi connectivity index (χ0v) is 9.15. The third-order valence-electron chi connectivity index (χ3n) is 2.57. The lowest BCUT2D eigenvalue weighted by Crippen LogP contribution is -2.33. The first kappa shape index (κ1) is 11.3. The van der Waals surface area contributed by atoms with Gasteiger partial charge in [0.2, 0.25) is 0 Å². The topological polar surface area (TPSA) is 15.3 Å². The van der Waals surface area contributed by atoms with Gasteiger partial charge in [-0.15, -0.1) is 11.6 Å². The van der Waals surface area contributed by atoms with Crippen molar-refractivity contribution in [1.82, 2.24) is 10.2 Å². The van der Waals surface area contributed by atoms with E-state index in [-0.39, 0.29) is 0 Å². The summed E-state index contributed by atoms with van der Waals surface area (Å²) in [5.41, 5.74) is 0. The van der Waals surface area contributed by atoms with Crippen LogP contribution in [0, 0.1) is 0 Å². The number of nitrogens with one attached hydrogen (secondary N) is 1. The molecule has 1 N–H and O–H groups in total. The second kappa shape index (κ2) is 7.60. The van der Waals surface area contributed by atoms with Gasteiger partial charge in [-0.3, -0.25) is 0 Å². The van der Waals surface area contributed by atoms with Crippen LogP contribution in [0.4, 0.5) is 0 Å². The van der Waals surface area contributed by atoms with Gasteiger partial charge in [-0.25, -0.2) is 0 Å². The third kappa shape index (κ3) is 5.50. The molecule has 0 atom stereocenters. The maximum Gasteiger partial charge on any atom is 0.0348 e. The molecule has 0 saturated carbocycles. The molecule has 78 valence electrons. The number of nitrogens with zero attached hydrogens (tertiary/aromatic N) is 1. The van der Waals surface area contributed by atoms with Gasteiger partial charge in [0.25, 0.3) is 0 Å². The van der Waals surface area contributed by atoms with Crippen LogP contribution in [-0.4, -0.2) is 43.5 Å². The van der Waals surface area contributed by atoms with Gasteiger partial charge in [0.05, 0.1) is 0 Å². The van der Waals surface area contributed by atoms with Crippen molar-refractivity contribution in [2.45, 2.75) is 25.7 Å². The molecule has 0 amide bonds. The Morgan fingerprint density at radius 1 is 1.00 bits per heavy atom. The van der Waals surface area contributed by atoms with E-state index in [9.17, 15) is 0 Å². The quantitative estimate of drug-likeness (QED) is 0.542. The summed E-state index contributed by atoms with van der Waals surface area (Å²) in [4.78, 5) is 2.56. The third-order valence-corrected chi connectivity index (χ3v) is 2.76. The lowest BCUT2D eigenvalue weighted by Gasteiger charge is -2.19. The highest BCUT2D eigenvalue weighted by molar-refractivity contribution is 6.18. The summed E-state index contributed by atoms with van der Waals surface area (Å²) in [5, 5.41) is 3.33. The Bertz CT molecular complexity index is 111. The monoisotopic (exact) mass is 204 g/mol. The van der Waals surface area contributed by atoms with Gasteiger partial charge < -0.3 is 10.2 Å². The van der Waals surface area contributed by atoms with E-state index in [4.69, 9.17) is 11.6 Å². The predicted octanol–water partition coefficient (Wildman–Crippen LogP) is 1.69. The van der Waals surface area contributed by atoms with Crippen LogP contribution >= 0.6 is 11.6 Å². The first-order valence-electron chi connectivity index (χ1n) is 5.42. The van der Waals surface area contributed by atoms with Crippen LogP contribution in [0.2, 0.25) is 0 Å². The van der Waals surface area contributed by atoms with E-state index in [1.54, 1.807) is 0 Å². The average molecular weight is 205 g/mol. The summed E-state index contributed by atoms with van der Waals surface area (Å²) in [6.07, 6.45) is 5.61. The molecule has 0 radical (unpaired) electrons.